The van der Waals surface area contributed by atoms with Crippen LogP contribution in [0.2, 0.25) is 0 Å². The molecule has 7 nitrogen and oxygen atoms in total. The highest BCUT2D eigenvalue weighted by molar-refractivity contribution is 5.98. The fraction of sp³-hybridized carbons (Fsp3) is 0.154. The van der Waals surface area contributed by atoms with Crippen molar-refractivity contribution in [3.63, 3.8) is 0 Å². The second kappa shape index (κ2) is 9.48. The Hall–Kier alpha value is -4.26. The number of carbonyl (C=O) groups is 1. The first kappa shape index (κ1) is 20.6. The first-order valence-electron chi connectivity index (χ1n) is 11.0. The SMILES string of the molecule is O=C(NCCn1ncc2c(NCCc3ccccc3)ncnc21)c1ccc2ccccc2c1. The summed E-state index contributed by atoms with van der Waals surface area (Å²) in [6, 6.07) is 24.1. The molecule has 0 saturated heterocycles. The van der Waals surface area contributed by atoms with Gasteiger partial charge in [-0.05, 0) is 34.9 Å². The number of nitrogens with zero attached hydrogens (tertiary/aromatic N) is 4. The van der Waals surface area contributed by atoms with Gasteiger partial charge >= 0.3 is 0 Å². The molecule has 2 heterocycles. The zero-order valence-corrected chi connectivity index (χ0v) is 18.1. The fourth-order valence-corrected chi connectivity index (χ4v) is 3.88. The minimum atomic E-state index is -0.102. The lowest BCUT2D eigenvalue weighted by atomic mass is 10.1. The lowest BCUT2D eigenvalue weighted by molar-refractivity contribution is 0.0952. The monoisotopic (exact) mass is 436 g/mol. The Morgan fingerprint density at radius 3 is 2.58 bits per heavy atom. The molecule has 2 aromatic heterocycles. The van der Waals surface area contributed by atoms with Crippen LogP contribution in [0.25, 0.3) is 21.8 Å². The Balaban J connectivity index is 1.20. The fourth-order valence-electron chi connectivity index (χ4n) is 3.88. The summed E-state index contributed by atoms with van der Waals surface area (Å²) in [5, 5.41) is 13.8. The van der Waals surface area contributed by atoms with Crippen molar-refractivity contribution in [2.45, 2.75) is 13.0 Å². The second-order valence-corrected chi connectivity index (χ2v) is 7.81. The first-order valence-corrected chi connectivity index (χ1v) is 11.0. The van der Waals surface area contributed by atoms with Crippen LogP contribution in [0.4, 0.5) is 5.82 Å². The number of anilines is 1. The molecule has 0 spiro atoms. The first-order chi connectivity index (χ1) is 16.3. The molecule has 5 aromatic rings. The highest BCUT2D eigenvalue weighted by Crippen LogP contribution is 2.19. The van der Waals surface area contributed by atoms with Crippen LogP contribution in [0.5, 0.6) is 0 Å². The standard InChI is InChI=1S/C26H24N6O/c33-26(22-11-10-20-8-4-5-9-21(20)16-22)28-14-15-32-25-23(17-31-32)24(29-18-30-25)27-13-12-19-6-2-1-3-7-19/h1-11,16-18H,12-15H2,(H,28,33)(H,27,29,30). The number of nitrogens with one attached hydrogen (secondary N) is 2. The largest absolute Gasteiger partial charge is 0.369 e. The number of amides is 1. The van der Waals surface area contributed by atoms with Gasteiger partial charge in [-0.25, -0.2) is 14.6 Å². The molecule has 0 radical (unpaired) electrons. The zero-order chi connectivity index (χ0) is 22.5. The molecule has 3 aromatic carbocycles. The van der Waals surface area contributed by atoms with Crippen LogP contribution in [0.15, 0.2) is 85.3 Å². The minimum Gasteiger partial charge on any atom is -0.369 e. The van der Waals surface area contributed by atoms with Crippen molar-refractivity contribution in [1.29, 1.82) is 0 Å². The molecule has 0 aliphatic heterocycles. The van der Waals surface area contributed by atoms with Crippen LogP contribution >= 0.6 is 0 Å². The summed E-state index contributed by atoms with van der Waals surface area (Å²) in [6.45, 7) is 1.73. The van der Waals surface area contributed by atoms with Crippen molar-refractivity contribution in [2.24, 2.45) is 0 Å². The van der Waals surface area contributed by atoms with E-state index in [1.165, 1.54) is 5.56 Å². The number of hydrogen-bond acceptors (Lipinski definition) is 5. The van der Waals surface area contributed by atoms with E-state index in [1.807, 2.05) is 60.7 Å². The van der Waals surface area contributed by atoms with E-state index in [2.05, 4.69) is 37.8 Å². The molecule has 164 valence electrons. The normalized spacial score (nSPS) is 11.0. The molecule has 0 aliphatic carbocycles. The maximum Gasteiger partial charge on any atom is 0.251 e. The molecule has 1 amide bonds. The van der Waals surface area contributed by atoms with Gasteiger partial charge < -0.3 is 10.6 Å². The summed E-state index contributed by atoms with van der Waals surface area (Å²) >= 11 is 0. The lowest BCUT2D eigenvalue weighted by Crippen LogP contribution is -2.27. The molecule has 0 unspecified atom stereocenters. The van der Waals surface area contributed by atoms with Crippen molar-refractivity contribution in [3.8, 4) is 0 Å². The van der Waals surface area contributed by atoms with Gasteiger partial charge in [0.25, 0.3) is 5.91 Å². The van der Waals surface area contributed by atoms with Crippen molar-refractivity contribution in [2.75, 3.05) is 18.4 Å². The van der Waals surface area contributed by atoms with Crippen molar-refractivity contribution >= 4 is 33.5 Å². The molecular weight excluding hydrogens is 412 g/mol. The van der Waals surface area contributed by atoms with Crippen molar-refractivity contribution in [3.05, 3.63) is 96.4 Å². The van der Waals surface area contributed by atoms with Gasteiger partial charge in [0.15, 0.2) is 5.65 Å². The summed E-state index contributed by atoms with van der Waals surface area (Å²) in [4.78, 5) is 21.4. The highest BCUT2D eigenvalue weighted by atomic mass is 16.1. The van der Waals surface area contributed by atoms with Gasteiger partial charge in [0.1, 0.15) is 12.1 Å². The molecule has 0 bridgehead atoms. The number of rotatable bonds is 8. The number of aromatic nitrogens is 4. The van der Waals surface area contributed by atoms with Gasteiger partial charge in [0.2, 0.25) is 0 Å². The lowest BCUT2D eigenvalue weighted by Gasteiger charge is -2.08. The average Bonchev–Trinajstić information content (AvgIpc) is 3.28. The van der Waals surface area contributed by atoms with Crippen LogP contribution in [0, 0.1) is 0 Å². The Labute approximate surface area is 191 Å². The maximum absolute atomic E-state index is 12.6. The smallest absolute Gasteiger partial charge is 0.251 e. The van der Waals surface area contributed by atoms with Crippen molar-refractivity contribution in [1.82, 2.24) is 25.1 Å². The molecule has 33 heavy (non-hydrogen) atoms. The van der Waals surface area contributed by atoms with E-state index in [1.54, 1.807) is 17.2 Å². The number of benzene rings is 3. The summed E-state index contributed by atoms with van der Waals surface area (Å²) in [5.41, 5.74) is 2.66. The summed E-state index contributed by atoms with van der Waals surface area (Å²) in [6.07, 6.45) is 4.21. The van der Waals surface area contributed by atoms with E-state index in [4.69, 9.17) is 0 Å². The van der Waals surface area contributed by atoms with Crippen LogP contribution in [-0.4, -0.2) is 38.7 Å². The van der Waals surface area contributed by atoms with E-state index < -0.39 is 0 Å². The maximum atomic E-state index is 12.6. The van der Waals surface area contributed by atoms with Gasteiger partial charge in [-0.1, -0.05) is 60.7 Å². The van der Waals surface area contributed by atoms with Crippen LogP contribution in [0.1, 0.15) is 15.9 Å². The van der Waals surface area contributed by atoms with Crippen molar-refractivity contribution < 1.29 is 4.79 Å². The third kappa shape index (κ3) is 4.67. The summed E-state index contributed by atoms with van der Waals surface area (Å²) in [5.74, 6) is 0.664. The third-order valence-electron chi connectivity index (χ3n) is 5.60. The predicted molar refractivity (Wildman–Crippen MR) is 130 cm³/mol. The Morgan fingerprint density at radius 2 is 1.70 bits per heavy atom. The molecule has 7 heteroatoms. The average molecular weight is 437 g/mol. The molecule has 0 atom stereocenters. The van der Waals surface area contributed by atoms with Gasteiger partial charge in [-0.2, -0.15) is 5.10 Å². The number of hydrogen-bond donors (Lipinski definition) is 2. The second-order valence-electron chi connectivity index (χ2n) is 7.81. The van der Waals surface area contributed by atoms with Crippen LogP contribution in [0.3, 0.4) is 0 Å². The molecule has 0 saturated carbocycles. The van der Waals surface area contributed by atoms with Crippen LogP contribution in [-0.2, 0) is 13.0 Å². The third-order valence-corrected chi connectivity index (χ3v) is 5.60. The Kier molecular flexibility index (Phi) is 5.93. The molecule has 5 rings (SSSR count). The topological polar surface area (TPSA) is 84.7 Å². The van der Waals surface area contributed by atoms with E-state index in [0.717, 1.165) is 40.6 Å². The van der Waals surface area contributed by atoms with E-state index >= 15 is 0 Å². The van der Waals surface area contributed by atoms with Gasteiger partial charge in [-0.15, -0.1) is 0 Å². The number of carbonyl (C=O) groups excluding carboxylic acids is 1. The van der Waals surface area contributed by atoms with Gasteiger partial charge in [0.05, 0.1) is 18.1 Å². The van der Waals surface area contributed by atoms with Gasteiger partial charge in [-0.3, -0.25) is 4.79 Å². The summed E-state index contributed by atoms with van der Waals surface area (Å²) in [7, 11) is 0. The minimum absolute atomic E-state index is 0.102. The molecule has 2 N–H and O–H groups in total. The van der Waals surface area contributed by atoms with E-state index in [0.29, 0.717) is 18.7 Å². The zero-order valence-electron chi connectivity index (χ0n) is 18.1. The van der Waals surface area contributed by atoms with Gasteiger partial charge in [0, 0.05) is 18.7 Å². The quantitative estimate of drug-likeness (QED) is 0.383. The van der Waals surface area contributed by atoms with E-state index in [-0.39, 0.29) is 5.91 Å². The Bertz CT molecular complexity index is 1400. The molecular formula is C26H24N6O. The predicted octanol–water partition coefficient (Wildman–Crippen LogP) is 4.06. The Morgan fingerprint density at radius 1 is 0.879 bits per heavy atom. The number of fused-ring (bicyclic) bond motifs is 2. The molecule has 0 aliphatic rings. The summed E-state index contributed by atoms with van der Waals surface area (Å²) < 4.78 is 1.79. The van der Waals surface area contributed by atoms with E-state index in [9.17, 15) is 4.79 Å². The van der Waals surface area contributed by atoms with Crippen LogP contribution < -0.4 is 10.6 Å². The molecule has 0 fully saturated rings. The highest BCUT2D eigenvalue weighted by Gasteiger charge is 2.11.